The van der Waals surface area contributed by atoms with E-state index < -0.39 is 0 Å². The van der Waals surface area contributed by atoms with Gasteiger partial charge in [-0.25, -0.2) is 0 Å². The Morgan fingerprint density at radius 2 is 0.966 bits per heavy atom. The predicted molar refractivity (Wildman–Crippen MR) is 251 cm³/mol. The fourth-order valence-corrected chi connectivity index (χ4v) is 9.65. The summed E-state index contributed by atoms with van der Waals surface area (Å²) < 4.78 is 0. The van der Waals surface area contributed by atoms with Crippen molar-refractivity contribution >= 4 is 66.4 Å². The molecule has 280 valence electrons. The van der Waals surface area contributed by atoms with E-state index in [9.17, 15) is 0 Å². The Labute approximate surface area is 345 Å². The molecular formula is C57H42N2. The zero-order chi connectivity index (χ0) is 39.5. The van der Waals surface area contributed by atoms with Crippen LogP contribution in [0, 0.1) is 0 Å². The minimum atomic E-state index is -0.370. The van der Waals surface area contributed by atoms with Crippen molar-refractivity contribution in [2.45, 2.75) is 19.3 Å². The molecule has 0 saturated heterocycles. The van der Waals surface area contributed by atoms with Gasteiger partial charge in [-0.15, -0.1) is 0 Å². The molecule has 0 fully saturated rings. The van der Waals surface area contributed by atoms with E-state index in [1.807, 2.05) is 0 Å². The molecule has 0 radical (unpaired) electrons. The predicted octanol–water partition coefficient (Wildman–Crippen LogP) is 16.1. The van der Waals surface area contributed by atoms with Gasteiger partial charge < -0.3 is 9.80 Å². The van der Waals surface area contributed by atoms with Gasteiger partial charge in [0.05, 0.1) is 28.4 Å². The summed E-state index contributed by atoms with van der Waals surface area (Å²) in [4.78, 5) is 5.08. The summed E-state index contributed by atoms with van der Waals surface area (Å²) in [6.07, 6.45) is 0. The van der Waals surface area contributed by atoms with E-state index in [-0.39, 0.29) is 5.41 Å². The summed E-state index contributed by atoms with van der Waals surface area (Å²) in [5, 5.41) is 7.35. The zero-order valence-electron chi connectivity index (χ0n) is 33.2. The van der Waals surface area contributed by atoms with Crippen LogP contribution in [0.1, 0.15) is 25.0 Å². The van der Waals surface area contributed by atoms with Crippen LogP contribution >= 0.6 is 0 Å². The first-order valence-corrected chi connectivity index (χ1v) is 20.5. The van der Waals surface area contributed by atoms with Gasteiger partial charge in [-0.2, -0.15) is 0 Å². The third kappa shape index (κ3) is 5.63. The Morgan fingerprint density at radius 3 is 1.73 bits per heavy atom. The average molecular weight is 755 g/mol. The molecule has 0 unspecified atom stereocenters. The molecule has 1 aliphatic heterocycles. The van der Waals surface area contributed by atoms with Crippen LogP contribution in [-0.2, 0) is 5.41 Å². The minimum absolute atomic E-state index is 0.370. The molecule has 0 atom stereocenters. The van der Waals surface area contributed by atoms with Crippen molar-refractivity contribution in [2.75, 3.05) is 9.80 Å². The first-order valence-electron chi connectivity index (χ1n) is 20.5. The molecule has 59 heavy (non-hydrogen) atoms. The SMILES string of the molecule is CC1(C)c2ccccc2N(c2c(-c3ccccc3)ccc3ccccc23)c2cccc(N(c3ccc(-c4ccccc4)cc3)c3cc4ccccc4c4ccccc34)c21. The molecule has 0 aromatic heterocycles. The smallest absolute Gasteiger partial charge is 0.0618 e. The molecule has 0 N–H and O–H groups in total. The van der Waals surface area contributed by atoms with Gasteiger partial charge >= 0.3 is 0 Å². The Hall–Kier alpha value is -7.42. The number of nitrogens with zero attached hydrogens (tertiary/aromatic N) is 2. The van der Waals surface area contributed by atoms with Gasteiger partial charge in [-0.1, -0.05) is 196 Å². The van der Waals surface area contributed by atoms with Crippen molar-refractivity contribution in [3.8, 4) is 22.3 Å². The lowest BCUT2D eigenvalue weighted by atomic mass is 9.72. The standard InChI is InChI=1S/C57H42N2/c1-57(2)50-28-15-16-29-51(50)59(56-46-25-12-9-22-42(46)34-37-47(56)41-20-7-4-8-21-41)53-31-17-30-52(55(53)57)58(44-35-32-40(33-36-44)39-18-5-3-6-19-39)54-38-43-23-10-11-24-45(43)48-26-13-14-27-49(48)54/h3-38H,1-2H3. The number of benzene rings is 10. The van der Waals surface area contributed by atoms with Gasteiger partial charge in [-0.05, 0) is 80.2 Å². The first kappa shape index (κ1) is 34.8. The van der Waals surface area contributed by atoms with Crippen LogP contribution in [0.2, 0.25) is 0 Å². The lowest BCUT2D eigenvalue weighted by Gasteiger charge is -2.45. The number of hydrogen-bond acceptors (Lipinski definition) is 2. The number of hydrogen-bond donors (Lipinski definition) is 0. The van der Waals surface area contributed by atoms with Crippen LogP contribution in [0.25, 0.3) is 54.6 Å². The van der Waals surface area contributed by atoms with Crippen molar-refractivity contribution in [1.29, 1.82) is 0 Å². The average Bonchev–Trinajstić information content (AvgIpc) is 3.30. The number of para-hydroxylation sites is 1. The Bertz CT molecular complexity index is 3180. The fraction of sp³-hybridized carbons (Fsp3) is 0.0526. The van der Waals surface area contributed by atoms with Crippen LogP contribution in [0.15, 0.2) is 218 Å². The highest BCUT2D eigenvalue weighted by Crippen LogP contribution is 2.58. The van der Waals surface area contributed by atoms with Crippen molar-refractivity contribution in [2.24, 2.45) is 0 Å². The monoisotopic (exact) mass is 754 g/mol. The first-order chi connectivity index (χ1) is 29.1. The molecule has 0 aliphatic carbocycles. The van der Waals surface area contributed by atoms with Gasteiger partial charge in [0, 0.05) is 33.0 Å². The molecule has 11 rings (SSSR count). The summed E-state index contributed by atoms with van der Waals surface area (Å²) in [5.74, 6) is 0. The summed E-state index contributed by atoms with van der Waals surface area (Å²) >= 11 is 0. The van der Waals surface area contributed by atoms with E-state index in [1.54, 1.807) is 0 Å². The number of rotatable bonds is 6. The van der Waals surface area contributed by atoms with E-state index in [1.165, 1.54) is 82.8 Å². The molecular weight excluding hydrogens is 713 g/mol. The third-order valence-electron chi connectivity index (χ3n) is 12.4. The highest BCUT2D eigenvalue weighted by atomic mass is 15.2. The zero-order valence-corrected chi connectivity index (χ0v) is 33.2. The van der Waals surface area contributed by atoms with Crippen LogP contribution in [0.4, 0.5) is 34.1 Å². The molecule has 1 heterocycles. The Balaban J connectivity index is 1.23. The van der Waals surface area contributed by atoms with E-state index in [4.69, 9.17) is 0 Å². The lowest BCUT2D eigenvalue weighted by molar-refractivity contribution is 0.632. The quantitative estimate of drug-likeness (QED) is 0.156. The van der Waals surface area contributed by atoms with Crippen LogP contribution in [-0.4, -0.2) is 0 Å². The number of fused-ring (bicyclic) bond motifs is 6. The highest BCUT2D eigenvalue weighted by molar-refractivity contribution is 6.15. The second-order valence-electron chi connectivity index (χ2n) is 16.1. The molecule has 2 heteroatoms. The van der Waals surface area contributed by atoms with Crippen LogP contribution in [0.5, 0.6) is 0 Å². The summed E-state index contributed by atoms with van der Waals surface area (Å²) in [5.41, 5.74) is 13.9. The van der Waals surface area contributed by atoms with Crippen molar-refractivity contribution in [1.82, 2.24) is 0 Å². The van der Waals surface area contributed by atoms with Gasteiger partial charge in [0.1, 0.15) is 0 Å². The normalized spacial score (nSPS) is 13.0. The maximum absolute atomic E-state index is 2.55. The second kappa shape index (κ2) is 13.9. The third-order valence-corrected chi connectivity index (χ3v) is 12.4. The molecule has 10 aromatic rings. The van der Waals surface area contributed by atoms with Crippen molar-refractivity contribution in [3.05, 3.63) is 230 Å². The molecule has 0 saturated carbocycles. The summed E-state index contributed by atoms with van der Waals surface area (Å²) in [7, 11) is 0. The summed E-state index contributed by atoms with van der Waals surface area (Å²) in [6, 6.07) is 80.1. The van der Waals surface area contributed by atoms with Crippen LogP contribution < -0.4 is 9.80 Å². The molecule has 0 bridgehead atoms. The molecule has 0 spiro atoms. The second-order valence-corrected chi connectivity index (χ2v) is 16.1. The van der Waals surface area contributed by atoms with Crippen molar-refractivity contribution < 1.29 is 0 Å². The maximum atomic E-state index is 2.55. The minimum Gasteiger partial charge on any atom is -0.309 e. The summed E-state index contributed by atoms with van der Waals surface area (Å²) in [6.45, 7) is 4.81. The van der Waals surface area contributed by atoms with Crippen LogP contribution in [0.3, 0.4) is 0 Å². The molecule has 1 aliphatic rings. The fourth-order valence-electron chi connectivity index (χ4n) is 9.65. The van der Waals surface area contributed by atoms with E-state index in [2.05, 4.69) is 242 Å². The highest BCUT2D eigenvalue weighted by Gasteiger charge is 2.41. The Kier molecular flexibility index (Phi) is 8.20. The van der Waals surface area contributed by atoms with Crippen molar-refractivity contribution in [3.63, 3.8) is 0 Å². The van der Waals surface area contributed by atoms with E-state index >= 15 is 0 Å². The van der Waals surface area contributed by atoms with Gasteiger partial charge in [0.15, 0.2) is 0 Å². The van der Waals surface area contributed by atoms with Gasteiger partial charge in [-0.3, -0.25) is 0 Å². The van der Waals surface area contributed by atoms with Gasteiger partial charge in [0.25, 0.3) is 0 Å². The topological polar surface area (TPSA) is 6.48 Å². The molecule has 2 nitrogen and oxygen atoms in total. The number of anilines is 6. The maximum Gasteiger partial charge on any atom is 0.0618 e. The largest absolute Gasteiger partial charge is 0.309 e. The van der Waals surface area contributed by atoms with E-state index in [0.29, 0.717) is 0 Å². The Morgan fingerprint density at radius 1 is 0.390 bits per heavy atom. The lowest BCUT2D eigenvalue weighted by Crippen LogP contribution is -2.32. The molecule has 0 amide bonds. The van der Waals surface area contributed by atoms with Gasteiger partial charge in [0.2, 0.25) is 0 Å². The molecule has 10 aromatic carbocycles. The van der Waals surface area contributed by atoms with E-state index in [0.717, 1.165) is 17.1 Å².